The molecule has 144 valence electrons. The fourth-order valence-electron chi connectivity index (χ4n) is 2.77. The predicted octanol–water partition coefficient (Wildman–Crippen LogP) is 4.12. The van der Waals surface area contributed by atoms with Gasteiger partial charge < -0.3 is 5.32 Å². The van der Waals surface area contributed by atoms with Crippen LogP contribution in [-0.2, 0) is 9.59 Å². The van der Waals surface area contributed by atoms with E-state index < -0.39 is 0 Å². The number of rotatable bonds is 4. The van der Waals surface area contributed by atoms with Crippen LogP contribution in [0.2, 0.25) is 5.02 Å². The number of thiocarbonyl (C=S) groups is 1. The second kappa shape index (κ2) is 8.28. The molecule has 1 aliphatic heterocycles. The number of thioether (sulfide) groups is 1. The van der Waals surface area contributed by atoms with Crippen LogP contribution in [-0.4, -0.2) is 37.5 Å². The monoisotopic (exact) mass is 440 g/mol. The molecule has 3 aromatic rings. The molecule has 2 aromatic carbocycles. The van der Waals surface area contributed by atoms with Crippen molar-refractivity contribution in [2.75, 3.05) is 11.9 Å². The highest BCUT2D eigenvalue weighted by Crippen LogP contribution is 2.32. The summed E-state index contributed by atoms with van der Waals surface area (Å²) in [5.41, 5.74) is 2.76. The first-order valence-corrected chi connectivity index (χ1v) is 10.1. The molecule has 9 heteroatoms. The topological polar surface area (TPSA) is 75.2 Å². The first-order valence-electron chi connectivity index (χ1n) is 8.51. The fourth-order valence-corrected chi connectivity index (χ4v) is 4.22. The van der Waals surface area contributed by atoms with E-state index >= 15 is 0 Å². The summed E-state index contributed by atoms with van der Waals surface area (Å²) < 4.78 is 0.336. The van der Waals surface area contributed by atoms with Crippen LogP contribution >= 0.6 is 35.6 Å². The first kappa shape index (κ1) is 19.5. The predicted molar refractivity (Wildman–Crippen MR) is 119 cm³/mol. The van der Waals surface area contributed by atoms with Crippen molar-refractivity contribution in [3.05, 3.63) is 70.3 Å². The van der Waals surface area contributed by atoms with Gasteiger partial charge in [0.05, 0.1) is 15.9 Å². The van der Waals surface area contributed by atoms with Crippen LogP contribution in [0.3, 0.4) is 0 Å². The Bertz CT molecular complexity index is 1180. The van der Waals surface area contributed by atoms with Gasteiger partial charge >= 0.3 is 0 Å². The van der Waals surface area contributed by atoms with Crippen LogP contribution in [0.1, 0.15) is 5.56 Å². The van der Waals surface area contributed by atoms with Crippen molar-refractivity contribution in [1.82, 2.24) is 14.9 Å². The molecule has 0 bridgehead atoms. The molecule has 6 nitrogen and oxygen atoms in total. The normalized spacial score (nSPS) is 15.3. The lowest BCUT2D eigenvalue weighted by Gasteiger charge is -2.14. The van der Waals surface area contributed by atoms with Crippen LogP contribution < -0.4 is 5.32 Å². The maximum Gasteiger partial charge on any atom is 0.266 e. The van der Waals surface area contributed by atoms with Gasteiger partial charge in [-0.05, 0) is 42.0 Å². The van der Waals surface area contributed by atoms with Gasteiger partial charge in [0.15, 0.2) is 0 Å². The number of nitrogens with one attached hydrogen (secondary N) is 1. The molecule has 2 heterocycles. The van der Waals surface area contributed by atoms with Gasteiger partial charge in [-0.15, -0.1) is 0 Å². The van der Waals surface area contributed by atoms with Crippen molar-refractivity contribution >= 4 is 74.5 Å². The molecule has 0 unspecified atom stereocenters. The summed E-state index contributed by atoms with van der Waals surface area (Å²) >= 11 is 12.4. The van der Waals surface area contributed by atoms with Gasteiger partial charge in [-0.1, -0.05) is 47.7 Å². The maximum absolute atomic E-state index is 12.7. The average Bonchev–Trinajstić information content (AvgIpc) is 2.95. The van der Waals surface area contributed by atoms with E-state index in [1.54, 1.807) is 54.9 Å². The van der Waals surface area contributed by atoms with Crippen molar-refractivity contribution in [3.8, 4) is 0 Å². The number of benzene rings is 2. The number of anilines is 1. The molecule has 29 heavy (non-hydrogen) atoms. The quantitative estimate of drug-likeness (QED) is 0.485. The fraction of sp³-hybridized carbons (Fsp3) is 0.0500. The summed E-state index contributed by atoms with van der Waals surface area (Å²) in [5, 5.41) is 3.35. The SMILES string of the molecule is O=C(CN1C(=O)/C(=C/c2cccc(Cl)c2)SC1=S)Nc1ccc2nccnc2c1. The van der Waals surface area contributed by atoms with Crippen molar-refractivity contribution in [1.29, 1.82) is 0 Å². The molecule has 0 atom stereocenters. The van der Waals surface area contributed by atoms with Crippen molar-refractivity contribution in [2.24, 2.45) is 0 Å². The van der Waals surface area contributed by atoms with E-state index in [4.69, 9.17) is 23.8 Å². The summed E-state index contributed by atoms with van der Waals surface area (Å²) in [4.78, 5) is 35.3. The zero-order valence-electron chi connectivity index (χ0n) is 14.8. The Balaban J connectivity index is 1.46. The number of amides is 2. The van der Waals surface area contributed by atoms with Gasteiger partial charge in [0.25, 0.3) is 5.91 Å². The third kappa shape index (κ3) is 4.45. The minimum absolute atomic E-state index is 0.171. The highest BCUT2D eigenvalue weighted by Gasteiger charge is 2.33. The number of carbonyl (C=O) groups excluding carboxylic acids is 2. The van der Waals surface area contributed by atoms with Crippen LogP contribution in [0.4, 0.5) is 5.69 Å². The van der Waals surface area contributed by atoms with Gasteiger partial charge in [0.2, 0.25) is 5.91 Å². The zero-order chi connectivity index (χ0) is 20.4. The number of fused-ring (bicyclic) bond motifs is 1. The Morgan fingerprint density at radius 2 is 1.97 bits per heavy atom. The molecule has 1 aliphatic rings. The minimum Gasteiger partial charge on any atom is -0.324 e. The Kier molecular flexibility index (Phi) is 5.57. The Morgan fingerprint density at radius 3 is 2.76 bits per heavy atom. The van der Waals surface area contributed by atoms with Crippen molar-refractivity contribution in [3.63, 3.8) is 0 Å². The summed E-state index contributed by atoms with van der Waals surface area (Å²) in [7, 11) is 0. The lowest BCUT2D eigenvalue weighted by atomic mass is 10.2. The van der Waals surface area contributed by atoms with Crippen LogP contribution in [0.25, 0.3) is 17.1 Å². The number of carbonyl (C=O) groups is 2. The number of hydrogen-bond acceptors (Lipinski definition) is 6. The molecule has 0 aliphatic carbocycles. The third-order valence-corrected chi connectivity index (χ3v) is 5.69. The Morgan fingerprint density at radius 1 is 1.17 bits per heavy atom. The number of hydrogen-bond donors (Lipinski definition) is 1. The molecule has 0 spiro atoms. The molecular formula is C20H13ClN4O2S2. The lowest BCUT2D eigenvalue weighted by Crippen LogP contribution is -2.36. The maximum atomic E-state index is 12.7. The molecule has 4 rings (SSSR count). The lowest BCUT2D eigenvalue weighted by molar-refractivity contribution is -0.126. The van der Waals surface area contributed by atoms with Crippen LogP contribution in [0, 0.1) is 0 Å². The van der Waals surface area contributed by atoms with E-state index in [9.17, 15) is 9.59 Å². The summed E-state index contributed by atoms with van der Waals surface area (Å²) in [5.74, 6) is -0.659. The molecule has 0 radical (unpaired) electrons. The molecular weight excluding hydrogens is 428 g/mol. The third-order valence-electron chi connectivity index (χ3n) is 4.07. The van der Waals surface area contributed by atoms with E-state index in [1.807, 2.05) is 6.07 Å². The Labute approximate surface area is 181 Å². The van der Waals surface area contributed by atoms with E-state index in [0.29, 0.717) is 25.5 Å². The first-order chi connectivity index (χ1) is 14.0. The minimum atomic E-state index is -0.353. The summed E-state index contributed by atoms with van der Waals surface area (Å²) in [6.45, 7) is -0.171. The largest absolute Gasteiger partial charge is 0.324 e. The van der Waals surface area contributed by atoms with Gasteiger partial charge in [-0.3, -0.25) is 24.5 Å². The second-order valence-electron chi connectivity index (χ2n) is 6.13. The summed E-state index contributed by atoms with van der Waals surface area (Å²) in [6, 6.07) is 12.4. The molecule has 1 fully saturated rings. The highest BCUT2D eigenvalue weighted by atomic mass is 35.5. The van der Waals surface area contributed by atoms with Gasteiger partial charge in [0, 0.05) is 23.1 Å². The van der Waals surface area contributed by atoms with Crippen molar-refractivity contribution in [2.45, 2.75) is 0 Å². The van der Waals surface area contributed by atoms with Crippen molar-refractivity contribution < 1.29 is 9.59 Å². The molecule has 1 aromatic heterocycles. The summed E-state index contributed by atoms with van der Waals surface area (Å²) in [6.07, 6.45) is 4.90. The van der Waals surface area contributed by atoms with Gasteiger partial charge in [-0.25, -0.2) is 0 Å². The van der Waals surface area contributed by atoms with Gasteiger partial charge in [0.1, 0.15) is 10.9 Å². The van der Waals surface area contributed by atoms with E-state index in [-0.39, 0.29) is 18.4 Å². The van der Waals surface area contributed by atoms with Gasteiger partial charge in [-0.2, -0.15) is 0 Å². The van der Waals surface area contributed by atoms with Crippen LogP contribution in [0.5, 0.6) is 0 Å². The average molecular weight is 441 g/mol. The Hall–Kier alpha value is -2.81. The second-order valence-corrected chi connectivity index (χ2v) is 8.24. The standard InChI is InChI=1S/C20H13ClN4O2S2/c21-13-3-1-2-12(8-13)9-17-19(27)25(20(28)29-17)11-18(26)24-14-4-5-15-16(10-14)23-7-6-22-15/h1-10H,11H2,(H,24,26)/b17-9-. The number of halogens is 1. The zero-order valence-corrected chi connectivity index (χ0v) is 17.2. The van der Waals surface area contributed by atoms with E-state index in [2.05, 4.69) is 15.3 Å². The number of nitrogens with zero attached hydrogens (tertiary/aromatic N) is 3. The van der Waals surface area contributed by atoms with E-state index in [0.717, 1.165) is 22.8 Å². The smallest absolute Gasteiger partial charge is 0.266 e. The highest BCUT2D eigenvalue weighted by molar-refractivity contribution is 8.26. The number of aromatic nitrogens is 2. The molecule has 1 N–H and O–H groups in total. The van der Waals surface area contributed by atoms with Crippen LogP contribution in [0.15, 0.2) is 59.8 Å². The molecule has 2 amide bonds. The molecule has 0 saturated carbocycles. The molecule has 1 saturated heterocycles. The van der Waals surface area contributed by atoms with E-state index in [1.165, 1.54) is 4.90 Å².